The molecular weight excluding hydrogens is 467 g/mol. The summed E-state index contributed by atoms with van der Waals surface area (Å²) in [7, 11) is 0. The molecule has 0 aromatic rings. The Morgan fingerprint density at radius 3 is 1.03 bits per heavy atom. The summed E-state index contributed by atoms with van der Waals surface area (Å²) in [6.45, 7) is 0.870. The Bertz CT molecular complexity index is 565. The van der Waals surface area contributed by atoms with E-state index in [1.54, 1.807) is 6.92 Å². The third kappa shape index (κ3) is 14.3. The first-order valence-electron chi connectivity index (χ1n) is 9.01. The predicted octanol–water partition coefficient (Wildman–Crippen LogP) is 2.65. The Morgan fingerprint density at radius 1 is 0.567 bits per heavy atom. The molecule has 0 heterocycles. The summed E-state index contributed by atoms with van der Waals surface area (Å²) in [5, 5.41) is -2.09. The fourth-order valence-corrected chi connectivity index (χ4v) is 2.23. The van der Waals surface area contributed by atoms with E-state index in [9.17, 15) is 28.8 Å². The lowest BCUT2D eigenvalue weighted by molar-refractivity contribution is -0.163. The van der Waals surface area contributed by atoms with Crippen molar-refractivity contribution in [1.29, 1.82) is 0 Å². The standard InChI is InChI=1S/C18H23Cl3O9/c1-2-18(9-28-15(25)6-3-12(19)22,10-29-16(26)7-4-13(20)23)11-30-17(27)8-5-14(21)24/h2-11H2,1H3. The topological polar surface area (TPSA) is 130 Å². The highest BCUT2D eigenvalue weighted by Crippen LogP contribution is 2.25. The van der Waals surface area contributed by atoms with Crippen molar-refractivity contribution in [2.45, 2.75) is 51.9 Å². The van der Waals surface area contributed by atoms with Crippen molar-refractivity contribution < 1.29 is 43.0 Å². The molecule has 0 aliphatic rings. The largest absolute Gasteiger partial charge is 0.465 e. The van der Waals surface area contributed by atoms with Crippen molar-refractivity contribution in [3.8, 4) is 0 Å². The predicted molar refractivity (Wildman–Crippen MR) is 106 cm³/mol. The number of rotatable bonds is 16. The van der Waals surface area contributed by atoms with Gasteiger partial charge in [-0.15, -0.1) is 0 Å². The van der Waals surface area contributed by atoms with Crippen LogP contribution in [-0.2, 0) is 43.0 Å². The van der Waals surface area contributed by atoms with Crippen molar-refractivity contribution in [1.82, 2.24) is 0 Å². The van der Waals surface area contributed by atoms with Crippen LogP contribution in [0.2, 0.25) is 0 Å². The van der Waals surface area contributed by atoms with Gasteiger partial charge in [-0.1, -0.05) is 6.92 Å². The molecule has 170 valence electrons. The second kappa shape index (κ2) is 15.1. The van der Waals surface area contributed by atoms with Crippen LogP contribution in [0.5, 0.6) is 0 Å². The molecule has 0 aliphatic carbocycles. The summed E-state index contributed by atoms with van der Waals surface area (Å²) in [5.41, 5.74) is -1.08. The van der Waals surface area contributed by atoms with Gasteiger partial charge in [-0.3, -0.25) is 28.8 Å². The second-order valence-corrected chi connectivity index (χ2v) is 7.67. The molecule has 0 atom stereocenters. The van der Waals surface area contributed by atoms with Gasteiger partial charge < -0.3 is 14.2 Å². The van der Waals surface area contributed by atoms with Crippen LogP contribution in [0.3, 0.4) is 0 Å². The van der Waals surface area contributed by atoms with Gasteiger partial charge >= 0.3 is 17.9 Å². The van der Waals surface area contributed by atoms with Gasteiger partial charge in [0.05, 0.1) is 24.7 Å². The van der Waals surface area contributed by atoms with Gasteiger partial charge in [0.15, 0.2) is 0 Å². The molecule has 0 aromatic heterocycles. The summed E-state index contributed by atoms with van der Waals surface area (Å²) in [6, 6.07) is 0. The van der Waals surface area contributed by atoms with Crippen LogP contribution in [0.25, 0.3) is 0 Å². The molecule has 0 bridgehead atoms. The molecule has 0 aliphatic heterocycles. The van der Waals surface area contributed by atoms with E-state index in [-0.39, 0.29) is 64.8 Å². The molecule has 12 heteroatoms. The number of esters is 3. The summed E-state index contributed by atoms with van der Waals surface area (Å²) >= 11 is 15.6. The maximum Gasteiger partial charge on any atom is 0.306 e. The zero-order chi connectivity index (χ0) is 23.2. The second-order valence-electron chi connectivity index (χ2n) is 6.40. The van der Waals surface area contributed by atoms with E-state index in [1.807, 2.05) is 0 Å². The first kappa shape index (κ1) is 28.3. The van der Waals surface area contributed by atoms with Crippen molar-refractivity contribution in [2.75, 3.05) is 19.8 Å². The molecule has 9 nitrogen and oxygen atoms in total. The molecule has 0 amide bonds. The number of carbonyl (C=O) groups excluding carboxylic acids is 6. The van der Waals surface area contributed by atoms with E-state index in [1.165, 1.54) is 0 Å². The minimum absolute atomic E-state index is 0.206. The zero-order valence-electron chi connectivity index (χ0n) is 16.4. The van der Waals surface area contributed by atoms with Crippen LogP contribution < -0.4 is 0 Å². The van der Waals surface area contributed by atoms with E-state index in [0.717, 1.165) is 0 Å². The Morgan fingerprint density at radius 2 is 0.833 bits per heavy atom. The summed E-state index contributed by atoms with van der Waals surface area (Å²) in [5.74, 6) is -2.13. The third-order valence-corrected chi connectivity index (χ3v) is 4.51. The van der Waals surface area contributed by atoms with Crippen molar-refractivity contribution >= 4 is 68.4 Å². The molecule has 0 saturated carbocycles. The van der Waals surface area contributed by atoms with Crippen molar-refractivity contribution in [2.24, 2.45) is 5.41 Å². The zero-order valence-corrected chi connectivity index (χ0v) is 18.6. The highest BCUT2D eigenvalue weighted by molar-refractivity contribution is 6.64. The van der Waals surface area contributed by atoms with E-state index < -0.39 is 39.1 Å². The van der Waals surface area contributed by atoms with Gasteiger partial charge in [-0.2, -0.15) is 0 Å². The number of hydrogen-bond acceptors (Lipinski definition) is 9. The molecule has 0 radical (unpaired) electrons. The highest BCUT2D eigenvalue weighted by atomic mass is 35.5. The highest BCUT2D eigenvalue weighted by Gasteiger charge is 2.34. The number of ether oxygens (including phenoxy) is 3. The molecule has 30 heavy (non-hydrogen) atoms. The molecule has 0 rings (SSSR count). The van der Waals surface area contributed by atoms with Gasteiger partial charge in [0.2, 0.25) is 15.7 Å². The average Bonchev–Trinajstić information content (AvgIpc) is 2.68. The van der Waals surface area contributed by atoms with Gasteiger partial charge in [0.1, 0.15) is 19.8 Å². The smallest absolute Gasteiger partial charge is 0.306 e. The number of halogens is 3. The van der Waals surface area contributed by atoms with Crippen LogP contribution >= 0.6 is 34.8 Å². The van der Waals surface area contributed by atoms with Gasteiger partial charge in [-0.05, 0) is 41.2 Å². The Hall–Kier alpha value is -1.71. The maximum atomic E-state index is 11.8. The number of hydrogen-bond donors (Lipinski definition) is 0. The van der Waals surface area contributed by atoms with Crippen molar-refractivity contribution in [3.63, 3.8) is 0 Å². The van der Waals surface area contributed by atoms with Gasteiger partial charge in [-0.25, -0.2) is 0 Å². The lowest BCUT2D eigenvalue weighted by Crippen LogP contribution is -2.39. The maximum absolute atomic E-state index is 11.8. The molecule has 0 aromatic carbocycles. The van der Waals surface area contributed by atoms with Crippen molar-refractivity contribution in [3.05, 3.63) is 0 Å². The third-order valence-electron chi connectivity index (χ3n) is 3.95. The normalized spacial score (nSPS) is 10.8. The quantitative estimate of drug-likeness (QED) is 0.182. The lowest BCUT2D eigenvalue weighted by Gasteiger charge is -2.31. The molecule has 0 unspecified atom stereocenters. The fraction of sp³-hybridized carbons (Fsp3) is 0.667. The van der Waals surface area contributed by atoms with Crippen LogP contribution in [0.15, 0.2) is 0 Å². The van der Waals surface area contributed by atoms with E-state index in [4.69, 9.17) is 49.0 Å². The molecule has 0 N–H and O–H groups in total. The van der Waals surface area contributed by atoms with Crippen LogP contribution in [0, 0.1) is 5.41 Å². The Labute approximate surface area is 188 Å². The Kier molecular flexibility index (Phi) is 14.3. The lowest BCUT2D eigenvalue weighted by atomic mass is 9.88. The van der Waals surface area contributed by atoms with Gasteiger partial charge in [0.25, 0.3) is 0 Å². The SMILES string of the molecule is CCC(COC(=O)CCC(=O)Cl)(COC(=O)CCC(=O)Cl)COC(=O)CCC(=O)Cl. The molecule has 0 spiro atoms. The molecular formula is C18H23Cl3O9. The van der Waals surface area contributed by atoms with Crippen LogP contribution in [0.1, 0.15) is 51.9 Å². The van der Waals surface area contributed by atoms with Gasteiger partial charge in [0, 0.05) is 19.3 Å². The van der Waals surface area contributed by atoms with E-state index in [2.05, 4.69) is 0 Å². The molecule has 0 saturated heterocycles. The summed E-state index contributed by atoms with van der Waals surface area (Å²) < 4.78 is 15.4. The first-order valence-corrected chi connectivity index (χ1v) is 10.1. The Balaban J connectivity index is 4.98. The molecule has 0 fully saturated rings. The minimum atomic E-state index is -1.08. The average molecular weight is 490 g/mol. The van der Waals surface area contributed by atoms with Crippen LogP contribution in [-0.4, -0.2) is 53.5 Å². The monoisotopic (exact) mass is 488 g/mol. The van der Waals surface area contributed by atoms with Crippen LogP contribution in [0.4, 0.5) is 0 Å². The summed E-state index contributed by atoms with van der Waals surface area (Å²) in [6.07, 6.45) is -1.06. The number of carbonyl (C=O) groups is 6. The van der Waals surface area contributed by atoms with E-state index in [0.29, 0.717) is 0 Å². The first-order chi connectivity index (χ1) is 14.0. The minimum Gasteiger partial charge on any atom is -0.465 e. The summed E-state index contributed by atoms with van der Waals surface area (Å²) in [4.78, 5) is 67.6. The fourth-order valence-electron chi connectivity index (χ4n) is 1.95. The van der Waals surface area contributed by atoms with E-state index >= 15 is 0 Å².